The molecule has 2 atom stereocenters. The van der Waals surface area contributed by atoms with E-state index in [-0.39, 0.29) is 10.3 Å². The molecule has 0 saturated heterocycles. The Morgan fingerprint density at radius 1 is 0.759 bits per heavy atom. The summed E-state index contributed by atoms with van der Waals surface area (Å²) < 4.78 is 29.1. The van der Waals surface area contributed by atoms with E-state index >= 15 is 0 Å². The van der Waals surface area contributed by atoms with Crippen molar-refractivity contribution in [1.29, 1.82) is 0 Å². The molecular weight excluding hydrogens is 380 g/mol. The van der Waals surface area contributed by atoms with Gasteiger partial charge in [-0.3, -0.25) is 0 Å². The molecule has 3 N–H and O–H groups in total. The highest BCUT2D eigenvalue weighted by Gasteiger charge is 2.27. The second-order valence-electron chi connectivity index (χ2n) is 8.22. The highest BCUT2D eigenvalue weighted by molar-refractivity contribution is 7.89. The number of hydrogen-bond donors (Lipinski definition) is 2. The van der Waals surface area contributed by atoms with Crippen molar-refractivity contribution in [2.75, 3.05) is 0 Å². The van der Waals surface area contributed by atoms with Gasteiger partial charge < -0.3 is 5.73 Å². The fourth-order valence-electron chi connectivity index (χ4n) is 3.25. The SMILES string of the molecule is CC(C)(C)c1ccc(S(=O)(=O)N[C@@H](c2ccccc2)[C@H](N)c2ccccc2)cc1. The fraction of sp³-hybridized carbons (Fsp3) is 0.250. The highest BCUT2D eigenvalue weighted by Crippen LogP contribution is 2.29. The lowest BCUT2D eigenvalue weighted by Crippen LogP contribution is -2.36. The van der Waals surface area contributed by atoms with E-state index in [1.165, 1.54) is 0 Å². The predicted molar refractivity (Wildman–Crippen MR) is 118 cm³/mol. The van der Waals surface area contributed by atoms with Gasteiger partial charge in [-0.2, -0.15) is 0 Å². The number of sulfonamides is 1. The Labute approximate surface area is 173 Å². The summed E-state index contributed by atoms with van der Waals surface area (Å²) in [5.74, 6) is 0. The van der Waals surface area contributed by atoms with Gasteiger partial charge >= 0.3 is 0 Å². The number of nitrogens with one attached hydrogen (secondary N) is 1. The molecule has 3 aromatic rings. The van der Waals surface area contributed by atoms with Gasteiger partial charge in [0.25, 0.3) is 0 Å². The maximum atomic E-state index is 13.1. The van der Waals surface area contributed by atoms with Crippen molar-refractivity contribution in [3.05, 3.63) is 102 Å². The second kappa shape index (κ2) is 8.49. The van der Waals surface area contributed by atoms with Crippen LogP contribution in [0, 0.1) is 0 Å². The van der Waals surface area contributed by atoms with Gasteiger partial charge in [0.15, 0.2) is 0 Å². The molecule has 0 saturated carbocycles. The van der Waals surface area contributed by atoms with Crippen LogP contribution in [0.4, 0.5) is 0 Å². The molecule has 0 aromatic heterocycles. The van der Waals surface area contributed by atoms with Crippen LogP contribution in [0.2, 0.25) is 0 Å². The summed E-state index contributed by atoms with van der Waals surface area (Å²) in [6.07, 6.45) is 0. The predicted octanol–water partition coefficient (Wildman–Crippen LogP) is 4.70. The fourth-order valence-corrected chi connectivity index (χ4v) is 4.49. The van der Waals surface area contributed by atoms with Crippen molar-refractivity contribution >= 4 is 10.0 Å². The third-order valence-corrected chi connectivity index (χ3v) is 6.47. The van der Waals surface area contributed by atoms with Crippen molar-refractivity contribution in [2.24, 2.45) is 5.73 Å². The third-order valence-electron chi connectivity index (χ3n) is 5.02. The summed E-state index contributed by atoms with van der Waals surface area (Å²) in [6, 6.07) is 24.9. The van der Waals surface area contributed by atoms with Crippen molar-refractivity contribution < 1.29 is 8.42 Å². The molecule has 29 heavy (non-hydrogen) atoms. The molecule has 0 unspecified atom stereocenters. The molecule has 0 heterocycles. The molecule has 0 fully saturated rings. The second-order valence-corrected chi connectivity index (χ2v) is 9.93. The maximum Gasteiger partial charge on any atom is 0.241 e. The van der Waals surface area contributed by atoms with E-state index < -0.39 is 22.1 Å². The van der Waals surface area contributed by atoms with Gasteiger partial charge in [0.1, 0.15) is 0 Å². The Morgan fingerprint density at radius 3 is 1.72 bits per heavy atom. The largest absolute Gasteiger partial charge is 0.322 e. The zero-order valence-corrected chi connectivity index (χ0v) is 17.9. The van der Waals surface area contributed by atoms with Gasteiger partial charge in [-0.25, -0.2) is 13.1 Å². The Morgan fingerprint density at radius 2 is 1.24 bits per heavy atom. The summed E-state index contributed by atoms with van der Waals surface area (Å²) in [7, 11) is -3.75. The summed E-state index contributed by atoms with van der Waals surface area (Å²) in [5.41, 5.74) is 9.23. The van der Waals surface area contributed by atoms with E-state index in [1.807, 2.05) is 72.8 Å². The highest BCUT2D eigenvalue weighted by atomic mass is 32.2. The van der Waals surface area contributed by atoms with Gasteiger partial charge in [0.05, 0.1) is 17.0 Å². The Bertz CT molecular complexity index is 1030. The number of hydrogen-bond acceptors (Lipinski definition) is 3. The smallest absolute Gasteiger partial charge is 0.241 e. The average Bonchev–Trinajstić information content (AvgIpc) is 2.72. The van der Waals surface area contributed by atoms with Gasteiger partial charge in [-0.05, 0) is 34.2 Å². The number of nitrogens with two attached hydrogens (primary N) is 1. The van der Waals surface area contributed by atoms with Gasteiger partial charge in [0.2, 0.25) is 10.0 Å². The Kier molecular flexibility index (Phi) is 6.22. The minimum Gasteiger partial charge on any atom is -0.322 e. The molecule has 5 heteroatoms. The number of benzene rings is 3. The first-order chi connectivity index (χ1) is 13.7. The van der Waals surface area contributed by atoms with Crippen LogP contribution in [-0.2, 0) is 15.4 Å². The lowest BCUT2D eigenvalue weighted by atomic mass is 9.87. The van der Waals surface area contributed by atoms with Crippen LogP contribution in [0.5, 0.6) is 0 Å². The molecule has 3 aromatic carbocycles. The molecule has 3 rings (SSSR count). The Hall–Kier alpha value is -2.47. The van der Waals surface area contributed by atoms with Crippen molar-refractivity contribution in [3.63, 3.8) is 0 Å². The molecule has 152 valence electrons. The molecule has 0 aliphatic rings. The minimum absolute atomic E-state index is 0.0437. The van der Waals surface area contributed by atoms with E-state index in [9.17, 15) is 8.42 Å². The first-order valence-electron chi connectivity index (χ1n) is 9.67. The summed E-state index contributed by atoms with van der Waals surface area (Å²) in [5, 5.41) is 0. The number of rotatable bonds is 6. The molecule has 0 radical (unpaired) electrons. The standard InChI is InChI=1S/C24H28N2O2S/c1-24(2,3)20-14-16-21(17-15-20)29(27,28)26-23(19-12-8-5-9-13-19)22(25)18-10-6-4-7-11-18/h4-17,22-23,26H,25H2,1-3H3/t22-,23+/m1/s1. The average molecular weight is 409 g/mol. The van der Waals surface area contributed by atoms with Crippen LogP contribution in [0.25, 0.3) is 0 Å². The molecule has 4 nitrogen and oxygen atoms in total. The molecule has 0 bridgehead atoms. The molecule has 0 aliphatic heterocycles. The topological polar surface area (TPSA) is 72.2 Å². The van der Waals surface area contributed by atoms with E-state index in [1.54, 1.807) is 12.1 Å². The first-order valence-corrected chi connectivity index (χ1v) is 11.2. The van der Waals surface area contributed by atoms with Crippen LogP contribution < -0.4 is 10.5 Å². The molecular formula is C24H28N2O2S. The van der Waals surface area contributed by atoms with E-state index in [4.69, 9.17) is 5.73 Å². The van der Waals surface area contributed by atoms with Crippen LogP contribution in [-0.4, -0.2) is 8.42 Å². The van der Waals surface area contributed by atoms with Crippen molar-refractivity contribution in [1.82, 2.24) is 4.72 Å². The summed E-state index contributed by atoms with van der Waals surface area (Å²) in [6.45, 7) is 6.29. The third kappa shape index (κ3) is 5.12. The van der Waals surface area contributed by atoms with Crippen molar-refractivity contribution in [3.8, 4) is 0 Å². The van der Waals surface area contributed by atoms with Crippen LogP contribution >= 0.6 is 0 Å². The zero-order valence-electron chi connectivity index (χ0n) is 17.0. The molecule has 0 aliphatic carbocycles. The maximum absolute atomic E-state index is 13.1. The van der Waals surface area contributed by atoms with E-state index in [0.29, 0.717) is 0 Å². The zero-order chi connectivity index (χ0) is 21.1. The quantitative estimate of drug-likeness (QED) is 0.621. The molecule has 0 amide bonds. The van der Waals surface area contributed by atoms with E-state index in [0.717, 1.165) is 16.7 Å². The lowest BCUT2D eigenvalue weighted by Gasteiger charge is -2.26. The first kappa shape index (κ1) is 21.2. The molecule has 0 spiro atoms. The van der Waals surface area contributed by atoms with Crippen LogP contribution in [0.1, 0.15) is 49.5 Å². The summed E-state index contributed by atoms with van der Waals surface area (Å²) >= 11 is 0. The monoisotopic (exact) mass is 408 g/mol. The van der Waals surface area contributed by atoms with Gasteiger partial charge in [-0.1, -0.05) is 93.6 Å². The minimum atomic E-state index is -3.75. The summed E-state index contributed by atoms with van der Waals surface area (Å²) in [4.78, 5) is 0.228. The van der Waals surface area contributed by atoms with Gasteiger partial charge in [-0.15, -0.1) is 0 Å². The normalized spacial score (nSPS) is 14.3. The lowest BCUT2D eigenvalue weighted by molar-refractivity contribution is 0.504. The van der Waals surface area contributed by atoms with E-state index in [2.05, 4.69) is 25.5 Å². The van der Waals surface area contributed by atoms with Gasteiger partial charge in [0, 0.05) is 0 Å². The van der Waals surface area contributed by atoms with Crippen LogP contribution in [0.15, 0.2) is 89.8 Å². The van der Waals surface area contributed by atoms with Crippen molar-refractivity contribution in [2.45, 2.75) is 43.2 Å². The Balaban J connectivity index is 1.95. The van der Waals surface area contributed by atoms with Crippen LogP contribution in [0.3, 0.4) is 0 Å².